The molecule has 2 aliphatic carbocycles. The van der Waals surface area contributed by atoms with Gasteiger partial charge in [0.05, 0.1) is 23.6 Å². The summed E-state index contributed by atoms with van der Waals surface area (Å²) in [6, 6.07) is 10.8. The number of urea groups is 1. The molecule has 3 fully saturated rings. The fourth-order valence-electron chi connectivity index (χ4n) is 6.34. The molecule has 1 aromatic carbocycles. The lowest BCUT2D eigenvalue weighted by Gasteiger charge is -2.51. The average molecular weight is 491 g/mol. The number of anilines is 1. The SMILES string of the molecule is Cc1ncc(NC(=O)CN2C[C@]3(CC[C@](c4ccccc4)(N(C)C)CC3)N(CC3CCC3)C2=O)cn1. The van der Waals surface area contributed by atoms with E-state index in [1.165, 1.54) is 24.8 Å². The van der Waals surface area contributed by atoms with Crippen LogP contribution in [0.15, 0.2) is 42.7 Å². The molecule has 1 saturated heterocycles. The molecule has 2 saturated carbocycles. The summed E-state index contributed by atoms with van der Waals surface area (Å²) >= 11 is 0. The van der Waals surface area contributed by atoms with Gasteiger partial charge in [-0.05, 0) is 71.0 Å². The minimum atomic E-state index is -0.214. The van der Waals surface area contributed by atoms with E-state index in [-0.39, 0.29) is 29.6 Å². The van der Waals surface area contributed by atoms with Gasteiger partial charge in [0.1, 0.15) is 12.4 Å². The summed E-state index contributed by atoms with van der Waals surface area (Å²) < 4.78 is 0. The zero-order valence-electron chi connectivity index (χ0n) is 21.7. The number of carbonyl (C=O) groups is 2. The van der Waals surface area contributed by atoms with Crippen molar-refractivity contribution in [1.29, 1.82) is 0 Å². The van der Waals surface area contributed by atoms with Crippen LogP contribution >= 0.6 is 0 Å². The zero-order valence-corrected chi connectivity index (χ0v) is 21.7. The van der Waals surface area contributed by atoms with Crippen molar-refractivity contribution in [3.63, 3.8) is 0 Å². The Morgan fingerprint density at radius 1 is 1.08 bits per heavy atom. The first-order valence-electron chi connectivity index (χ1n) is 13.2. The summed E-state index contributed by atoms with van der Waals surface area (Å²) in [5, 5.41) is 2.85. The van der Waals surface area contributed by atoms with Crippen molar-refractivity contribution in [3.8, 4) is 0 Å². The van der Waals surface area contributed by atoms with Crippen molar-refractivity contribution in [2.45, 2.75) is 62.9 Å². The van der Waals surface area contributed by atoms with Crippen molar-refractivity contribution in [2.75, 3.05) is 39.0 Å². The lowest BCUT2D eigenvalue weighted by molar-refractivity contribution is -0.116. The second kappa shape index (κ2) is 9.81. The van der Waals surface area contributed by atoms with E-state index in [4.69, 9.17) is 0 Å². The van der Waals surface area contributed by atoms with Crippen molar-refractivity contribution in [3.05, 3.63) is 54.1 Å². The number of aryl methyl sites for hydroxylation is 1. The molecule has 0 bridgehead atoms. The van der Waals surface area contributed by atoms with Crippen LogP contribution in [0.25, 0.3) is 0 Å². The summed E-state index contributed by atoms with van der Waals surface area (Å²) in [6.45, 7) is 3.27. The van der Waals surface area contributed by atoms with Crippen molar-refractivity contribution < 1.29 is 9.59 Å². The fourth-order valence-corrected chi connectivity index (χ4v) is 6.34. The smallest absolute Gasteiger partial charge is 0.321 e. The number of nitrogens with one attached hydrogen (secondary N) is 1. The van der Waals surface area contributed by atoms with Crippen molar-refractivity contribution in [1.82, 2.24) is 24.7 Å². The molecule has 8 nitrogen and oxygen atoms in total. The van der Waals surface area contributed by atoms with Gasteiger partial charge in [-0.15, -0.1) is 0 Å². The topological polar surface area (TPSA) is 81.7 Å². The first-order chi connectivity index (χ1) is 17.3. The Morgan fingerprint density at radius 2 is 1.75 bits per heavy atom. The van der Waals surface area contributed by atoms with E-state index in [2.05, 4.69) is 69.5 Å². The third-order valence-electron chi connectivity index (χ3n) is 8.80. The number of hydrogen-bond acceptors (Lipinski definition) is 5. The van der Waals surface area contributed by atoms with Gasteiger partial charge in [-0.2, -0.15) is 0 Å². The van der Waals surface area contributed by atoms with E-state index in [1.54, 1.807) is 24.2 Å². The van der Waals surface area contributed by atoms with Gasteiger partial charge in [0.2, 0.25) is 5.91 Å². The first kappa shape index (κ1) is 24.7. The largest absolute Gasteiger partial charge is 0.322 e. The van der Waals surface area contributed by atoms with Crippen LogP contribution in [0, 0.1) is 12.8 Å². The predicted octanol–water partition coefficient (Wildman–Crippen LogP) is 4.03. The van der Waals surface area contributed by atoms with Crippen LogP contribution < -0.4 is 5.32 Å². The number of rotatable bonds is 7. The lowest BCUT2D eigenvalue weighted by Crippen LogP contribution is -2.56. The Bertz CT molecular complexity index is 1070. The molecule has 3 amide bonds. The zero-order chi connectivity index (χ0) is 25.3. The maximum Gasteiger partial charge on any atom is 0.321 e. The second-order valence-corrected chi connectivity index (χ2v) is 11.1. The Hall–Kier alpha value is -3.00. The highest BCUT2D eigenvalue weighted by Crippen LogP contribution is 2.49. The van der Waals surface area contributed by atoms with Gasteiger partial charge < -0.3 is 15.1 Å². The van der Waals surface area contributed by atoms with Crippen LogP contribution in [0.4, 0.5) is 10.5 Å². The number of benzene rings is 1. The van der Waals surface area contributed by atoms with Crippen LogP contribution in [0.5, 0.6) is 0 Å². The summed E-state index contributed by atoms with van der Waals surface area (Å²) in [7, 11) is 4.34. The van der Waals surface area contributed by atoms with E-state index in [1.807, 2.05) is 0 Å². The summed E-state index contributed by atoms with van der Waals surface area (Å²) in [4.78, 5) is 41.1. The molecule has 5 rings (SSSR count). The number of amides is 3. The van der Waals surface area contributed by atoms with Gasteiger partial charge in [-0.1, -0.05) is 36.8 Å². The molecule has 8 heteroatoms. The highest BCUT2D eigenvalue weighted by Gasteiger charge is 2.55. The van der Waals surface area contributed by atoms with Gasteiger partial charge in [-0.25, -0.2) is 14.8 Å². The molecule has 2 aromatic rings. The van der Waals surface area contributed by atoms with Crippen molar-refractivity contribution >= 4 is 17.6 Å². The Labute approximate surface area is 214 Å². The summed E-state index contributed by atoms with van der Waals surface area (Å²) in [5.41, 5.74) is 1.65. The molecule has 0 radical (unpaired) electrons. The number of carbonyl (C=O) groups excluding carboxylic acids is 2. The molecular formula is C28H38N6O2. The van der Waals surface area contributed by atoms with E-state index in [9.17, 15) is 9.59 Å². The minimum Gasteiger partial charge on any atom is -0.322 e. The Morgan fingerprint density at radius 3 is 2.33 bits per heavy atom. The maximum absolute atomic E-state index is 13.7. The molecule has 192 valence electrons. The third kappa shape index (κ3) is 4.59. The maximum atomic E-state index is 13.7. The molecule has 1 spiro atoms. The lowest BCUT2D eigenvalue weighted by atomic mass is 9.68. The van der Waals surface area contributed by atoms with Gasteiger partial charge in [0.15, 0.2) is 0 Å². The second-order valence-electron chi connectivity index (χ2n) is 11.1. The average Bonchev–Trinajstić information content (AvgIpc) is 3.08. The standard InChI is InChI=1S/C28H38N6O2/c1-21-29-16-24(17-30-21)31-25(35)19-33-20-27(34(26(33)36)18-22-8-7-9-22)12-14-28(15-13-27,32(2)3)23-10-5-4-6-11-23/h4-6,10-11,16-17,22H,7-9,12-15,18-20H2,1-3H3,(H,31,35)/t27-,28+. The van der Waals surface area contributed by atoms with E-state index in [0.29, 0.717) is 24.0 Å². The molecule has 1 N–H and O–H groups in total. The van der Waals surface area contributed by atoms with E-state index >= 15 is 0 Å². The summed E-state index contributed by atoms with van der Waals surface area (Å²) in [6.07, 6.45) is 10.7. The van der Waals surface area contributed by atoms with Gasteiger partial charge in [-0.3, -0.25) is 9.69 Å². The third-order valence-corrected chi connectivity index (χ3v) is 8.80. The molecule has 0 atom stereocenters. The molecule has 1 aliphatic heterocycles. The van der Waals surface area contributed by atoms with Crippen LogP contribution in [0.3, 0.4) is 0 Å². The minimum absolute atomic E-state index is 0.00858. The molecule has 36 heavy (non-hydrogen) atoms. The number of aromatic nitrogens is 2. The molecule has 3 aliphatic rings. The van der Waals surface area contributed by atoms with Crippen LogP contribution in [-0.4, -0.2) is 75.9 Å². The highest BCUT2D eigenvalue weighted by atomic mass is 16.2. The Balaban J connectivity index is 1.33. The predicted molar refractivity (Wildman–Crippen MR) is 139 cm³/mol. The molecule has 0 unspecified atom stereocenters. The monoisotopic (exact) mass is 490 g/mol. The van der Waals surface area contributed by atoms with Gasteiger partial charge in [0.25, 0.3) is 0 Å². The number of nitrogens with zero attached hydrogens (tertiary/aromatic N) is 5. The van der Waals surface area contributed by atoms with Gasteiger partial charge in [0, 0.05) is 18.6 Å². The van der Waals surface area contributed by atoms with E-state index < -0.39 is 0 Å². The van der Waals surface area contributed by atoms with Crippen LogP contribution in [-0.2, 0) is 10.3 Å². The number of hydrogen-bond donors (Lipinski definition) is 1. The first-order valence-corrected chi connectivity index (χ1v) is 13.2. The quantitative estimate of drug-likeness (QED) is 0.634. The van der Waals surface area contributed by atoms with Gasteiger partial charge >= 0.3 is 6.03 Å². The van der Waals surface area contributed by atoms with E-state index in [0.717, 1.165) is 32.2 Å². The molecular weight excluding hydrogens is 452 g/mol. The van der Waals surface area contributed by atoms with Crippen LogP contribution in [0.1, 0.15) is 56.3 Å². The Kier molecular flexibility index (Phi) is 6.72. The molecule has 2 heterocycles. The molecule has 1 aromatic heterocycles. The summed E-state index contributed by atoms with van der Waals surface area (Å²) in [5.74, 6) is 1.02. The fraction of sp³-hybridized carbons (Fsp3) is 0.571. The highest BCUT2D eigenvalue weighted by molar-refractivity contribution is 5.94. The normalized spacial score (nSPS) is 26.5. The van der Waals surface area contributed by atoms with Crippen LogP contribution in [0.2, 0.25) is 0 Å². The van der Waals surface area contributed by atoms with Crippen molar-refractivity contribution in [2.24, 2.45) is 5.92 Å².